The van der Waals surface area contributed by atoms with Gasteiger partial charge < -0.3 is 9.47 Å². The highest BCUT2D eigenvalue weighted by atomic mass is 35.5. The van der Waals surface area contributed by atoms with Gasteiger partial charge in [0.05, 0.1) is 6.21 Å². The third-order valence-corrected chi connectivity index (χ3v) is 4.23. The van der Waals surface area contributed by atoms with E-state index >= 15 is 0 Å². The normalized spacial score (nSPS) is 16.5. The predicted molar refractivity (Wildman–Crippen MR) is 102 cm³/mol. The molecule has 1 aliphatic rings. The van der Waals surface area contributed by atoms with Crippen molar-refractivity contribution >= 4 is 23.7 Å². The minimum atomic E-state index is -0.755. The van der Waals surface area contributed by atoms with Crippen molar-refractivity contribution in [1.82, 2.24) is 5.43 Å². The van der Waals surface area contributed by atoms with E-state index in [0.29, 0.717) is 16.5 Å². The molecular formula is C20H21ClN2O3. The van der Waals surface area contributed by atoms with Gasteiger partial charge in [0.2, 0.25) is 6.10 Å². The fraction of sp³-hybridized carbons (Fsp3) is 0.300. The molecule has 5 nitrogen and oxygen atoms in total. The Bertz CT molecular complexity index is 843. The summed E-state index contributed by atoms with van der Waals surface area (Å²) in [5.74, 6) is 0.849. The van der Waals surface area contributed by atoms with E-state index in [1.807, 2.05) is 30.3 Å². The summed E-state index contributed by atoms with van der Waals surface area (Å²) in [6.07, 6.45) is 0.772. The van der Waals surface area contributed by atoms with Crippen molar-refractivity contribution in [2.24, 2.45) is 5.10 Å². The standard InChI is InChI=1S/C20H21ClN2O3/c1-20(2,3)14-7-8-16-17(10-14)26-18(12-25-16)19(24)23-22-11-13-5-4-6-15(21)9-13/h4-11,18H,12H2,1-3H3,(H,23,24). The Morgan fingerprint density at radius 1 is 1.23 bits per heavy atom. The van der Waals surface area contributed by atoms with Crippen molar-refractivity contribution in [2.75, 3.05) is 6.61 Å². The molecule has 6 heteroatoms. The number of rotatable bonds is 3. The van der Waals surface area contributed by atoms with Crippen LogP contribution in [0.1, 0.15) is 31.9 Å². The highest BCUT2D eigenvalue weighted by molar-refractivity contribution is 6.30. The molecule has 0 spiro atoms. The topological polar surface area (TPSA) is 59.9 Å². The van der Waals surface area contributed by atoms with E-state index in [0.717, 1.165) is 11.1 Å². The largest absolute Gasteiger partial charge is 0.485 e. The average Bonchev–Trinajstić information content (AvgIpc) is 2.60. The SMILES string of the molecule is CC(C)(C)c1ccc2c(c1)OC(C(=O)NN=Cc1cccc(Cl)c1)CO2. The summed E-state index contributed by atoms with van der Waals surface area (Å²) in [7, 11) is 0. The van der Waals surface area contributed by atoms with E-state index in [4.69, 9.17) is 21.1 Å². The van der Waals surface area contributed by atoms with Gasteiger partial charge in [0.25, 0.3) is 5.91 Å². The van der Waals surface area contributed by atoms with Crippen LogP contribution >= 0.6 is 11.6 Å². The quantitative estimate of drug-likeness (QED) is 0.656. The van der Waals surface area contributed by atoms with Gasteiger partial charge in [-0.15, -0.1) is 0 Å². The smallest absolute Gasteiger partial charge is 0.284 e. The Morgan fingerprint density at radius 2 is 2.04 bits per heavy atom. The van der Waals surface area contributed by atoms with Crippen LogP contribution in [0.25, 0.3) is 0 Å². The second-order valence-electron chi connectivity index (χ2n) is 7.12. The number of nitrogens with zero attached hydrogens (tertiary/aromatic N) is 1. The number of benzene rings is 2. The second kappa shape index (κ2) is 7.38. The average molecular weight is 373 g/mol. The molecule has 0 aliphatic carbocycles. The van der Waals surface area contributed by atoms with E-state index in [-0.39, 0.29) is 17.9 Å². The van der Waals surface area contributed by atoms with Gasteiger partial charge in [-0.25, -0.2) is 5.43 Å². The number of ether oxygens (including phenoxy) is 2. The minimum Gasteiger partial charge on any atom is -0.485 e. The van der Waals surface area contributed by atoms with Crippen LogP contribution in [0.4, 0.5) is 0 Å². The Balaban J connectivity index is 1.65. The zero-order chi connectivity index (χ0) is 18.7. The maximum Gasteiger partial charge on any atom is 0.284 e. The molecule has 1 aliphatic heterocycles. The molecule has 136 valence electrons. The van der Waals surface area contributed by atoms with Crippen LogP contribution in [-0.4, -0.2) is 24.8 Å². The molecule has 0 fully saturated rings. The van der Waals surface area contributed by atoms with E-state index in [9.17, 15) is 4.79 Å². The molecule has 1 atom stereocenters. The minimum absolute atomic E-state index is 0.0190. The van der Waals surface area contributed by atoms with Gasteiger partial charge in [-0.2, -0.15) is 5.10 Å². The predicted octanol–water partition coefficient (Wildman–Crippen LogP) is 3.93. The van der Waals surface area contributed by atoms with Crippen LogP contribution in [0.2, 0.25) is 5.02 Å². The number of amides is 1. The molecule has 0 bridgehead atoms. The molecule has 3 rings (SSSR count). The Labute approximate surface area is 158 Å². The van der Waals surface area contributed by atoms with Crippen LogP contribution in [0, 0.1) is 0 Å². The Morgan fingerprint density at radius 3 is 2.77 bits per heavy atom. The summed E-state index contributed by atoms with van der Waals surface area (Å²) in [5, 5.41) is 4.56. The Kier molecular flexibility index (Phi) is 5.18. The number of hydrazone groups is 1. The number of fused-ring (bicyclic) bond motifs is 1. The monoisotopic (exact) mass is 372 g/mol. The van der Waals surface area contributed by atoms with Gasteiger partial charge in [-0.1, -0.05) is 50.6 Å². The van der Waals surface area contributed by atoms with Gasteiger partial charge in [0.15, 0.2) is 11.5 Å². The summed E-state index contributed by atoms with van der Waals surface area (Å²) in [6.45, 7) is 6.49. The molecule has 1 heterocycles. The molecule has 1 amide bonds. The molecule has 0 radical (unpaired) electrons. The Hall–Kier alpha value is -2.53. The van der Waals surface area contributed by atoms with Crippen molar-refractivity contribution in [1.29, 1.82) is 0 Å². The van der Waals surface area contributed by atoms with Gasteiger partial charge in [-0.05, 0) is 40.8 Å². The molecule has 1 unspecified atom stereocenters. The molecule has 2 aromatic carbocycles. The fourth-order valence-corrected chi connectivity index (χ4v) is 2.70. The number of hydrogen-bond acceptors (Lipinski definition) is 4. The van der Waals surface area contributed by atoms with E-state index in [2.05, 4.69) is 31.3 Å². The van der Waals surface area contributed by atoms with Gasteiger partial charge in [-0.3, -0.25) is 4.79 Å². The summed E-state index contributed by atoms with van der Waals surface area (Å²) in [5.41, 5.74) is 4.36. The molecule has 0 saturated heterocycles. The van der Waals surface area contributed by atoms with Crippen LogP contribution in [0.15, 0.2) is 47.6 Å². The van der Waals surface area contributed by atoms with Crippen molar-refractivity contribution in [2.45, 2.75) is 32.3 Å². The number of halogens is 1. The molecule has 0 saturated carbocycles. The number of carbonyl (C=O) groups excluding carboxylic acids is 1. The highest BCUT2D eigenvalue weighted by Crippen LogP contribution is 2.36. The third-order valence-electron chi connectivity index (χ3n) is 4.00. The fourth-order valence-electron chi connectivity index (χ4n) is 2.50. The van der Waals surface area contributed by atoms with E-state index < -0.39 is 6.10 Å². The lowest BCUT2D eigenvalue weighted by Crippen LogP contribution is -2.42. The first-order chi connectivity index (χ1) is 12.3. The van der Waals surface area contributed by atoms with Gasteiger partial charge >= 0.3 is 0 Å². The summed E-state index contributed by atoms with van der Waals surface area (Å²) >= 11 is 5.92. The molecule has 2 aromatic rings. The van der Waals surface area contributed by atoms with Crippen molar-refractivity contribution in [3.8, 4) is 11.5 Å². The van der Waals surface area contributed by atoms with E-state index in [1.165, 1.54) is 6.21 Å². The zero-order valence-corrected chi connectivity index (χ0v) is 15.7. The number of hydrogen-bond donors (Lipinski definition) is 1. The van der Waals surface area contributed by atoms with Crippen LogP contribution in [0.5, 0.6) is 11.5 Å². The van der Waals surface area contributed by atoms with Crippen molar-refractivity contribution in [3.63, 3.8) is 0 Å². The number of carbonyl (C=O) groups is 1. The first-order valence-corrected chi connectivity index (χ1v) is 8.73. The van der Waals surface area contributed by atoms with Crippen molar-refractivity contribution in [3.05, 3.63) is 58.6 Å². The van der Waals surface area contributed by atoms with Crippen LogP contribution in [0.3, 0.4) is 0 Å². The van der Waals surface area contributed by atoms with Crippen LogP contribution in [-0.2, 0) is 10.2 Å². The highest BCUT2D eigenvalue weighted by Gasteiger charge is 2.28. The maximum atomic E-state index is 12.3. The van der Waals surface area contributed by atoms with Gasteiger partial charge in [0, 0.05) is 5.02 Å². The van der Waals surface area contributed by atoms with E-state index in [1.54, 1.807) is 12.1 Å². The molecule has 0 aromatic heterocycles. The summed E-state index contributed by atoms with van der Waals surface area (Å²) < 4.78 is 11.5. The second-order valence-corrected chi connectivity index (χ2v) is 7.55. The molecule has 26 heavy (non-hydrogen) atoms. The molecule has 1 N–H and O–H groups in total. The lowest BCUT2D eigenvalue weighted by molar-refractivity contribution is -0.130. The van der Waals surface area contributed by atoms with Gasteiger partial charge in [0.1, 0.15) is 6.61 Å². The molecular weight excluding hydrogens is 352 g/mol. The van der Waals surface area contributed by atoms with Crippen molar-refractivity contribution < 1.29 is 14.3 Å². The summed E-state index contributed by atoms with van der Waals surface area (Å²) in [6, 6.07) is 13.0. The first kappa shape index (κ1) is 18.3. The lowest BCUT2D eigenvalue weighted by atomic mass is 9.87. The maximum absolute atomic E-state index is 12.3. The zero-order valence-electron chi connectivity index (χ0n) is 15.0. The number of nitrogens with one attached hydrogen (secondary N) is 1. The first-order valence-electron chi connectivity index (χ1n) is 8.35. The van der Waals surface area contributed by atoms with Crippen LogP contribution < -0.4 is 14.9 Å². The summed E-state index contributed by atoms with van der Waals surface area (Å²) in [4.78, 5) is 12.3. The third kappa shape index (κ3) is 4.35. The lowest BCUT2D eigenvalue weighted by Gasteiger charge is -2.27.